The fraction of sp³-hybridized carbons (Fsp3) is 0. The van der Waals surface area contributed by atoms with Gasteiger partial charge in [-0.3, -0.25) is 4.79 Å². The largest absolute Gasteiger partial charge is 0.506 e. The summed E-state index contributed by atoms with van der Waals surface area (Å²) in [6.45, 7) is 0. The van der Waals surface area contributed by atoms with Crippen LogP contribution in [0.15, 0.2) is 47.3 Å². The molecule has 0 saturated heterocycles. The van der Waals surface area contributed by atoms with Gasteiger partial charge in [-0.15, -0.1) is 0 Å². The zero-order chi connectivity index (χ0) is 15.9. The lowest BCUT2D eigenvalue weighted by Crippen LogP contribution is -2.09. The van der Waals surface area contributed by atoms with Gasteiger partial charge in [0.25, 0.3) is 0 Å². The van der Waals surface area contributed by atoms with Crippen LogP contribution in [0.1, 0.15) is 10.5 Å². The maximum atomic E-state index is 13.0. The molecule has 0 atom stereocenters. The van der Waals surface area contributed by atoms with Crippen LogP contribution in [0.25, 0.3) is 22.0 Å². The molecule has 110 valence electrons. The molecular weight excluding hydrogens is 289 g/mol. The van der Waals surface area contributed by atoms with Crippen LogP contribution in [0.2, 0.25) is 0 Å². The minimum absolute atomic E-state index is 0.0516. The number of benzene rings is 2. The van der Waals surface area contributed by atoms with Crippen molar-refractivity contribution in [1.29, 1.82) is 0 Å². The molecule has 1 aromatic heterocycles. The second-order valence-corrected chi connectivity index (χ2v) is 4.78. The number of fused-ring (bicyclic) bond motifs is 1. The van der Waals surface area contributed by atoms with E-state index < -0.39 is 17.2 Å². The normalized spacial score (nSPS) is 10.8. The monoisotopic (exact) mass is 299 g/mol. The third kappa shape index (κ3) is 2.31. The van der Waals surface area contributed by atoms with Crippen molar-refractivity contribution in [2.75, 3.05) is 0 Å². The molecule has 0 radical (unpaired) electrons. The van der Waals surface area contributed by atoms with Gasteiger partial charge in [0.2, 0.25) is 0 Å². The van der Waals surface area contributed by atoms with Gasteiger partial charge in [0.1, 0.15) is 17.3 Å². The molecule has 3 N–H and O–H groups in total. The number of phenols is 1. The van der Waals surface area contributed by atoms with Gasteiger partial charge in [-0.1, -0.05) is 12.1 Å². The topological polar surface area (TPSA) is 90.4 Å². The van der Waals surface area contributed by atoms with Gasteiger partial charge in [-0.2, -0.15) is 0 Å². The highest BCUT2D eigenvalue weighted by molar-refractivity contribution is 5.94. The first-order chi connectivity index (χ1) is 10.5. The molecule has 22 heavy (non-hydrogen) atoms. The number of aromatic nitrogens is 1. The molecular formula is C16H10FNO4. The average Bonchev–Trinajstić information content (AvgIpc) is 2.48. The fourth-order valence-corrected chi connectivity index (χ4v) is 2.26. The zero-order valence-electron chi connectivity index (χ0n) is 11.1. The molecule has 0 amide bonds. The van der Waals surface area contributed by atoms with E-state index in [1.54, 1.807) is 0 Å². The molecule has 0 saturated carbocycles. The first-order valence-electron chi connectivity index (χ1n) is 6.35. The van der Waals surface area contributed by atoms with E-state index in [0.29, 0.717) is 11.1 Å². The number of aromatic amines is 1. The number of phenolic OH excluding ortho intramolecular Hbond substituents is 1. The van der Waals surface area contributed by atoms with E-state index in [2.05, 4.69) is 4.98 Å². The summed E-state index contributed by atoms with van der Waals surface area (Å²) in [6, 6.07) is 9.45. The molecule has 3 aromatic rings. The molecule has 5 nitrogen and oxygen atoms in total. The van der Waals surface area contributed by atoms with Crippen molar-refractivity contribution in [1.82, 2.24) is 4.98 Å². The van der Waals surface area contributed by atoms with E-state index >= 15 is 0 Å². The van der Waals surface area contributed by atoms with Crippen LogP contribution in [0, 0.1) is 5.82 Å². The van der Waals surface area contributed by atoms with Gasteiger partial charge in [-0.05, 0) is 35.4 Å². The van der Waals surface area contributed by atoms with Crippen LogP contribution in [0.3, 0.4) is 0 Å². The lowest BCUT2D eigenvalue weighted by atomic mass is 10.0. The summed E-state index contributed by atoms with van der Waals surface area (Å²) >= 11 is 0. The SMILES string of the molecule is O=C(O)c1cc(=O)c2cc(-c3ccc(F)cc3)cc(O)c2[nH]1. The Morgan fingerprint density at radius 3 is 2.36 bits per heavy atom. The number of carboxylic acids is 1. The Labute approximate surface area is 123 Å². The molecule has 0 bridgehead atoms. The standard InChI is InChI=1S/C16H10FNO4/c17-10-3-1-8(2-4-10)9-5-11-13(19)7-12(16(21)22)18-15(11)14(20)6-9/h1-7,20H,(H,18,19)(H,21,22). The first kappa shape index (κ1) is 13.8. The maximum absolute atomic E-state index is 13.0. The molecule has 0 fully saturated rings. The number of aromatic hydroxyl groups is 1. The van der Waals surface area contributed by atoms with Gasteiger partial charge in [-0.25, -0.2) is 9.18 Å². The summed E-state index contributed by atoms with van der Waals surface area (Å²) in [5.41, 5.74) is 0.377. The number of halogens is 1. The van der Waals surface area contributed by atoms with E-state index in [9.17, 15) is 19.1 Å². The van der Waals surface area contributed by atoms with Crippen molar-refractivity contribution >= 4 is 16.9 Å². The Morgan fingerprint density at radius 2 is 1.73 bits per heavy atom. The molecule has 0 spiro atoms. The molecule has 6 heteroatoms. The van der Waals surface area contributed by atoms with Crippen molar-refractivity contribution in [2.45, 2.75) is 0 Å². The highest BCUT2D eigenvalue weighted by Crippen LogP contribution is 2.29. The van der Waals surface area contributed by atoms with Crippen molar-refractivity contribution in [3.05, 3.63) is 64.2 Å². The van der Waals surface area contributed by atoms with Crippen LogP contribution in [0.5, 0.6) is 5.75 Å². The molecule has 3 rings (SSSR count). The van der Waals surface area contributed by atoms with Gasteiger partial charge < -0.3 is 15.2 Å². The van der Waals surface area contributed by atoms with Gasteiger partial charge in [0.05, 0.1) is 5.52 Å². The number of hydrogen-bond donors (Lipinski definition) is 3. The van der Waals surface area contributed by atoms with Gasteiger partial charge >= 0.3 is 5.97 Å². The average molecular weight is 299 g/mol. The Kier molecular flexibility index (Phi) is 3.14. The van der Waals surface area contributed by atoms with E-state index in [0.717, 1.165) is 6.07 Å². The van der Waals surface area contributed by atoms with E-state index in [-0.39, 0.29) is 22.3 Å². The number of aromatic carboxylic acids is 1. The quantitative estimate of drug-likeness (QED) is 0.678. The van der Waals surface area contributed by atoms with Crippen LogP contribution in [-0.4, -0.2) is 21.2 Å². The number of carboxylic acid groups (broad SMARTS) is 1. The van der Waals surface area contributed by atoms with E-state index in [1.165, 1.54) is 36.4 Å². The number of nitrogens with one attached hydrogen (secondary N) is 1. The Bertz CT molecular complexity index is 945. The number of H-pyrrole nitrogens is 1. The Morgan fingerprint density at radius 1 is 1.05 bits per heavy atom. The molecule has 2 aromatic carbocycles. The van der Waals surface area contributed by atoms with Gasteiger partial charge in [0.15, 0.2) is 5.43 Å². The third-order valence-corrected chi connectivity index (χ3v) is 3.33. The smallest absolute Gasteiger partial charge is 0.352 e. The second-order valence-electron chi connectivity index (χ2n) is 4.78. The summed E-state index contributed by atoms with van der Waals surface area (Å²) in [6.07, 6.45) is 0. The zero-order valence-corrected chi connectivity index (χ0v) is 11.1. The number of carbonyl (C=O) groups is 1. The van der Waals surface area contributed by atoms with Crippen molar-refractivity contribution in [3.63, 3.8) is 0 Å². The van der Waals surface area contributed by atoms with Crippen molar-refractivity contribution in [3.8, 4) is 16.9 Å². The van der Waals surface area contributed by atoms with Crippen LogP contribution >= 0.6 is 0 Å². The van der Waals surface area contributed by atoms with E-state index in [1.807, 2.05) is 0 Å². The molecule has 0 aliphatic rings. The number of rotatable bonds is 2. The minimum Gasteiger partial charge on any atom is -0.506 e. The van der Waals surface area contributed by atoms with Gasteiger partial charge in [0, 0.05) is 11.5 Å². The first-order valence-corrected chi connectivity index (χ1v) is 6.35. The van der Waals surface area contributed by atoms with E-state index in [4.69, 9.17) is 5.11 Å². The maximum Gasteiger partial charge on any atom is 0.352 e. The summed E-state index contributed by atoms with van der Waals surface area (Å²) in [5, 5.41) is 19.1. The third-order valence-electron chi connectivity index (χ3n) is 3.33. The van der Waals surface area contributed by atoms with Crippen molar-refractivity contribution < 1.29 is 19.4 Å². The molecule has 1 heterocycles. The highest BCUT2D eigenvalue weighted by Gasteiger charge is 2.12. The predicted molar refractivity (Wildman–Crippen MR) is 78.6 cm³/mol. The number of hydrogen-bond acceptors (Lipinski definition) is 3. The van der Waals surface area contributed by atoms with Crippen molar-refractivity contribution in [2.24, 2.45) is 0 Å². The number of pyridine rings is 1. The summed E-state index contributed by atoms with van der Waals surface area (Å²) in [5.74, 6) is -1.93. The summed E-state index contributed by atoms with van der Waals surface area (Å²) in [4.78, 5) is 25.5. The molecule has 0 unspecified atom stereocenters. The van der Waals surface area contributed by atoms with Crippen LogP contribution in [-0.2, 0) is 0 Å². The minimum atomic E-state index is -1.29. The second kappa shape index (κ2) is 5.00. The molecule has 0 aliphatic carbocycles. The predicted octanol–water partition coefficient (Wildman–Crippen LogP) is 2.74. The molecule has 0 aliphatic heterocycles. The lowest BCUT2D eigenvalue weighted by Gasteiger charge is -2.07. The Balaban J connectivity index is 2.27. The Hall–Kier alpha value is -3.15. The fourth-order valence-electron chi connectivity index (χ4n) is 2.26. The van der Waals surface area contributed by atoms with Crippen LogP contribution < -0.4 is 5.43 Å². The summed E-state index contributed by atoms with van der Waals surface area (Å²) in [7, 11) is 0. The summed E-state index contributed by atoms with van der Waals surface area (Å²) < 4.78 is 13.0. The highest BCUT2D eigenvalue weighted by atomic mass is 19.1. The lowest BCUT2D eigenvalue weighted by molar-refractivity contribution is 0.0691. The van der Waals surface area contributed by atoms with Crippen LogP contribution in [0.4, 0.5) is 4.39 Å².